The van der Waals surface area contributed by atoms with Gasteiger partial charge in [0.05, 0.1) is 0 Å². The summed E-state index contributed by atoms with van der Waals surface area (Å²) in [7, 11) is 0. The van der Waals surface area contributed by atoms with E-state index in [1.165, 1.54) is 0 Å². The summed E-state index contributed by atoms with van der Waals surface area (Å²) in [5.41, 5.74) is 0. The largest absolute Gasteiger partial charge is 0.459 e. The monoisotopic (exact) mass is 214 g/mol. The van der Waals surface area contributed by atoms with Gasteiger partial charge in [0.25, 0.3) is 0 Å². The van der Waals surface area contributed by atoms with Crippen LogP contribution >= 0.6 is 15.9 Å². The van der Waals surface area contributed by atoms with Crippen LogP contribution in [-0.2, 0) is 0 Å². The van der Waals surface area contributed by atoms with Crippen molar-refractivity contribution in [1.82, 2.24) is 9.97 Å². The molecule has 4 heteroatoms. The van der Waals surface area contributed by atoms with E-state index >= 15 is 0 Å². The molecule has 3 nitrogen and oxygen atoms in total. The Hall–Kier alpha value is -0.900. The highest BCUT2D eigenvalue weighted by Gasteiger charge is 1.94. The van der Waals surface area contributed by atoms with E-state index in [1.54, 1.807) is 18.3 Å². The van der Waals surface area contributed by atoms with E-state index in [4.69, 9.17) is 4.74 Å². The van der Waals surface area contributed by atoms with Gasteiger partial charge in [-0.15, -0.1) is 0 Å². The van der Waals surface area contributed by atoms with E-state index in [0.717, 1.165) is 0 Å². The van der Waals surface area contributed by atoms with Gasteiger partial charge < -0.3 is 4.74 Å². The molecule has 1 rings (SSSR count). The lowest BCUT2D eigenvalue weighted by Gasteiger charge is -1.98. The summed E-state index contributed by atoms with van der Waals surface area (Å²) < 4.78 is 5.78. The molecule has 0 radical (unpaired) electrons. The van der Waals surface area contributed by atoms with Crippen LogP contribution in [0.15, 0.2) is 29.5 Å². The van der Waals surface area contributed by atoms with E-state index < -0.39 is 0 Å². The molecule has 0 aliphatic rings. The molecule has 11 heavy (non-hydrogen) atoms. The van der Waals surface area contributed by atoms with Crippen molar-refractivity contribution in [2.45, 2.75) is 0 Å². The first-order chi connectivity index (χ1) is 5.33. The van der Waals surface area contributed by atoms with Crippen LogP contribution in [-0.4, -0.2) is 16.6 Å². The highest BCUT2D eigenvalue weighted by molar-refractivity contribution is 9.10. The Morgan fingerprint density at radius 3 is 3.18 bits per heavy atom. The zero-order valence-electron chi connectivity index (χ0n) is 5.83. The molecule has 0 bridgehead atoms. The number of nitrogens with zero attached hydrogens (tertiary/aromatic N) is 2. The van der Waals surface area contributed by atoms with E-state index in [9.17, 15) is 0 Å². The van der Waals surface area contributed by atoms with E-state index in [-0.39, 0.29) is 0 Å². The molecule has 0 unspecified atom stereocenters. The van der Waals surface area contributed by atoms with Crippen molar-refractivity contribution < 1.29 is 4.74 Å². The van der Waals surface area contributed by atoms with Crippen LogP contribution < -0.4 is 4.74 Å². The van der Waals surface area contributed by atoms with Crippen molar-refractivity contribution in [2.24, 2.45) is 0 Å². The summed E-state index contributed by atoms with van der Waals surface area (Å²) in [6.45, 7) is 3.93. The van der Waals surface area contributed by atoms with Crippen LogP contribution in [0.3, 0.4) is 0 Å². The van der Waals surface area contributed by atoms with Gasteiger partial charge in [0.2, 0.25) is 0 Å². The molecule has 0 fully saturated rings. The second kappa shape index (κ2) is 4.08. The summed E-state index contributed by atoms with van der Waals surface area (Å²) in [6, 6.07) is 2.10. The Balaban J connectivity index is 2.63. The zero-order valence-corrected chi connectivity index (χ0v) is 7.41. The van der Waals surface area contributed by atoms with Gasteiger partial charge in [-0.1, -0.05) is 12.7 Å². The van der Waals surface area contributed by atoms with Crippen LogP contribution in [0.1, 0.15) is 0 Å². The minimum Gasteiger partial charge on any atom is -0.459 e. The van der Waals surface area contributed by atoms with E-state index in [2.05, 4.69) is 32.5 Å². The lowest BCUT2D eigenvalue weighted by molar-refractivity contribution is 0.332. The molecule has 0 aliphatic heterocycles. The third-order valence-electron chi connectivity index (χ3n) is 0.930. The minimum absolute atomic E-state index is 0.360. The zero-order chi connectivity index (χ0) is 8.10. The fraction of sp³-hybridized carbons (Fsp3) is 0.143. The first-order valence-electron chi connectivity index (χ1n) is 3.05. The van der Waals surface area contributed by atoms with Crippen LogP contribution in [0.5, 0.6) is 6.01 Å². The molecule has 0 aromatic carbocycles. The van der Waals surface area contributed by atoms with Crippen molar-refractivity contribution in [3.8, 4) is 6.01 Å². The Bertz CT molecular complexity index is 252. The smallest absolute Gasteiger partial charge is 0.317 e. The fourth-order valence-electron chi connectivity index (χ4n) is 0.523. The van der Waals surface area contributed by atoms with Crippen LogP contribution in [0.4, 0.5) is 0 Å². The van der Waals surface area contributed by atoms with Gasteiger partial charge in [-0.3, -0.25) is 0 Å². The maximum absolute atomic E-state index is 5.07. The Morgan fingerprint density at radius 1 is 1.73 bits per heavy atom. The van der Waals surface area contributed by atoms with Crippen molar-refractivity contribution >= 4 is 15.9 Å². The number of halogens is 1. The molecule has 1 aromatic rings. The number of hydrogen-bond acceptors (Lipinski definition) is 3. The van der Waals surface area contributed by atoms with Crippen LogP contribution in [0, 0.1) is 0 Å². The van der Waals surface area contributed by atoms with Crippen LogP contribution in [0.2, 0.25) is 0 Å². The summed E-state index contributed by atoms with van der Waals surface area (Å²) in [4.78, 5) is 7.81. The molecule has 0 saturated heterocycles. The second-order valence-corrected chi connectivity index (χ2v) is 2.57. The SMILES string of the molecule is C=CCOc1nccc(Br)n1. The molecular formula is C7H7BrN2O. The highest BCUT2D eigenvalue weighted by atomic mass is 79.9. The first kappa shape index (κ1) is 8.20. The fourth-order valence-corrected chi connectivity index (χ4v) is 0.793. The average molecular weight is 215 g/mol. The maximum Gasteiger partial charge on any atom is 0.317 e. The predicted molar refractivity (Wildman–Crippen MR) is 45.4 cm³/mol. The number of rotatable bonds is 3. The van der Waals surface area contributed by atoms with Gasteiger partial charge in [0.1, 0.15) is 11.2 Å². The third-order valence-corrected chi connectivity index (χ3v) is 1.37. The predicted octanol–water partition coefficient (Wildman–Crippen LogP) is 1.80. The molecule has 1 heterocycles. The molecule has 1 aromatic heterocycles. The minimum atomic E-state index is 0.360. The summed E-state index contributed by atoms with van der Waals surface area (Å²) >= 11 is 3.20. The summed E-state index contributed by atoms with van der Waals surface area (Å²) in [5, 5.41) is 0. The van der Waals surface area contributed by atoms with E-state index in [1.807, 2.05) is 0 Å². The summed E-state index contributed by atoms with van der Waals surface area (Å²) in [6.07, 6.45) is 3.26. The van der Waals surface area contributed by atoms with Gasteiger partial charge in [-0.05, 0) is 22.0 Å². The lowest BCUT2D eigenvalue weighted by Crippen LogP contribution is -1.97. The Kier molecular flexibility index (Phi) is 3.04. The van der Waals surface area contributed by atoms with Gasteiger partial charge in [0.15, 0.2) is 0 Å². The normalized spacial score (nSPS) is 9.18. The van der Waals surface area contributed by atoms with Gasteiger partial charge >= 0.3 is 6.01 Å². The molecule has 58 valence electrons. The Labute approximate surface area is 73.3 Å². The number of hydrogen-bond donors (Lipinski definition) is 0. The van der Waals surface area contributed by atoms with Crippen molar-refractivity contribution in [2.75, 3.05) is 6.61 Å². The van der Waals surface area contributed by atoms with Gasteiger partial charge in [-0.2, -0.15) is 4.98 Å². The maximum atomic E-state index is 5.07. The molecule has 0 amide bonds. The molecule has 0 spiro atoms. The molecule has 0 atom stereocenters. The van der Waals surface area contributed by atoms with Gasteiger partial charge in [-0.25, -0.2) is 4.98 Å². The van der Waals surface area contributed by atoms with Gasteiger partial charge in [0, 0.05) is 6.20 Å². The molecular weight excluding hydrogens is 208 g/mol. The summed E-state index contributed by atoms with van der Waals surface area (Å²) in [5.74, 6) is 0. The number of ether oxygens (including phenoxy) is 1. The lowest BCUT2D eigenvalue weighted by atomic mass is 10.7. The molecule has 0 saturated carbocycles. The molecule has 0 aliphatic carbocycles. The highest BCUT2D eigenvalue weighted by Crippen LogP contribution is 2.07. The third kappa shape index (κ3) is 2.67. The Morgan fingerprint density at radius 2 is 2.55 bits per heavy atom. The van der Waals surface area contributed by atoms with Crippen LogP contribution in [0.25, 0.3) is 0 Å². The van der Waals surface area contributed by atoms with Crippen molar-refractivity contribution in [1.29, 1.82) is 0 Å². The quantitative estimate of drug-likeness (QED) is 0.569. The second-order valence-electron chi connectivity index (χ2n) is 1.76. The molecule has 0 N–H and O–H groups in total. The topological polar surface area (TPSA) is 35.0 Å². The van der Waals surface area contributed by atoms with Crippen molar-refractivity contribution in [3.63, 3.8) is 0 Å². The average Bonchev–Trinajstić information content (AvgIpc) is 2.01. The first-order valence-corrected chi connectivity index (χ1v) is 3.84. The van der Waals surface area contributed by atoms with Crippen molar-refractivity contribution in [3.05, 3.63) is 29.5 Å². The van der Waals surface area contributed by atoms with E-state index in [0.29, 0.717) is 17.2 Å². The standard InChI is InChI=1S/C7H7BrN2O/c1-2-5-11-7-9-4-3-6(8)10-7/h2-4H,1,5H2. The number of aromatic nitrogens is 2.